The predicted octanol–water partition coefficient (Wildman–Crippen LogP) is 2.44. The van der Waals surface area contributed by atoms with Crippen molar-refractivity contribution in [2.75, 3.05) is 7.11 Å². The first-order chi connectivity index (χ1) is 8.11. The van der Waals surface area contributed by atoms with Crippen molar-refractivity contribution in [3.8, 4) is 17.1 Å². The number of H-pyrrole nitrogens is 1. The van der Waals surface area contributed by atoms with E-state index in [1.807, 2.05) is 0 Å². The van der Waals surface area contributed by atoms with Crippen LogP contribution in [0.3, 0.4) is 0 Å². The minimum absolute atomic E-state index is 0.0170. The molecule has 0 aliphatic rings. The molecule has 0 radical (unpaired) electrons. The van der Waals surface area contributed by atoms with Crippen molar-refractivity contribution < 1.29 is 14.6 Å². The van der Waals surface area contributed by atoms with Gasteiger partial charge in [-0.2, -0.15) is 0 Å². The van der Waals surface area contributed by atoms with Gasteiger partial charge in [-0.1, -0.05) is 11.6 Å². The maximum absolute atomic E-state index is 10.8. The lowest BCUT2D eigenvalue weighted by Crippen LogP contribution is -1.96. The SMILES string of the molecule is COc1ccc(-c2nc(C(=O)O)c(Cl)[nH]2)cc1. The Labute approximate surface area is 102 Å². The second-order valence-corrected chi connectivity index (χ2v) is 3.66. The van der Waals surface area contributed by atoms with Gasteiger partial charge in [0.1, 0.15) is 16.7 Å². The summed E-state index contributed by atoms with van der Waals surface area (Å²) in [4.78, 5) is 17.4. The number of nitrogens with one attached hydrogen (secondary N) is 1. The minimum Gasteiger partial charge on any atom is -0.497 e. The molecular weight excluding hydrogens is 244 g/mol. The third-order valence-corrected chi connectivity index (χ3v) is 2.50. The van der Waals surface area contributed by atoms with Gasteiger partial charge < -0.3 is 14.8 Å². The first kappa shape index (κ1) is 11.5. The summed E-state index contributed by atoms with van der Waals surface area (Å²) in [5.74, 6) is -0.0362. The van der Waals surface area contributed by atoms with Crippen molar-refractivity contribution in [1.82, 2.24) is 9.97 Å². The predicted molar refractivity (Wildman–Crippen MR) is 62.5 cm³/mol. The molecule has 0 atom stereocenters. The largest absolute Gasteiger partial charge is 0.497 e. The molecule has 6 heteroatoms. The third-order valence-electron chi connectivity index (χ3n) is 2.23. The Morgan fingerprint density at radius 3 is 2.53 bits per heavy atom. The van der Waals surface area contributed by atoms with Crippen LogP contribution < -0.4 is 4.74 Å². The van der Waals surface area contributed by atoms with Crippen LogP contribution in [0.1, 0.15) is 10.5 Å². The summed E-state index contributed by atoms with van der Waals surface area (Å²) < 4.78 is 5.02. The van der Waals surface area contributed by atoms with Crippen molar-refractivity contribution in [2.45, 2.75) is 0 Å². The van der Waals surface area contributed by atoms with Gasteiger partial charge in [0.2, 0.25) is 0 Å². The van der Waals surface area contributed by atoms with Gasteiger partial charge in [0, 0.05) is 5.56 Å². The lowest BCUT2D eigenvalue weighted by Gasteiger charge is -2.00. The first-order valence-electron chi connectivity index (χ1n) is 4.75. The van der Waals surface area contributed by atoms with E-state index >= 15 is 0 Å². The minimum atomic E-state index is -1.16. The van der Waals surface area contributed by atoms with Gasteiger partial charge in [0.05, 0.1) is 7.11 Å². The summed E-state index contributed by atoms with van der Waals surface area (Å²) in [6.07, 6.45) is 0. The Morgan fingerprint density at radius 1 is 1.41 bits per heavy atom. The van der Waals surface area contributed by atoms with Crippen molar-refractivity contribution in [3.63, 3.8) is 0 Å². The molecule has 0 amide bonds. The van der Waals surface area contributed by atoms with Crippen molar-refractivity contribution >= 4 is 17.6 Å². The fourth-order valence-corrected chi connectivity index (χ4v) is 1.59. The van der Waals surface area contributed by atoms with Crippen LogP contribution in [0.5, 0.6) is 5.75 Å². The summed E-state index contributed by atoms with van der Waals surface area (Å²) in [5, 5.41) is 8.84. The molecule has 0 aliphatic carbocycles. The number of rotatable bonds is 3. The number of imidazole rings is 1. The summed E-state index contributed by atoms with van der Waals surface area (Å²) in [6, 6.07) is 7.04. The topological polar surface area (TPSA) is 75.2 Å². The zero-order valence-electron chi connectivity index (χ0n) is 8.90. The molecule has 17 heavy (non-hydrogen) atoms. The maximum atomic E-state index is 10.8. The molecule has 1 aromatic heterocycles. The fraction of sp³-hybridized carbons (Fsp3) is 0.0909. The molecule has 5 nitrogen and oxygen atoms in total. The van der Waals surface area contributed by atoms with Gasteiger partial charge >= 0.3 is 5.97 Å². The highest BCUT2D eigenvalue weighted by atomic mass is 35.5. The number of hydrogen-bond donors (Lipinski definition) is 2. The van der Waals surface area contributed by atoms with E-state index < -0.39 is 5.97 Å². The number of halogens is 1. The Kier molecular flexibility index (Phi) is 3.01. The lowest BCUT2D eigenvalue weighted by molar-refractivity contribution is 0.0691. The first-order valence-corrected chi connectivity index (χ1v) is 5.13. The van der Waals surface area contributed by atoms with Gasteiger partial charge in [-0.3, -0.25) is 0 Å². The van der Waals surface area contributed by atoms with Gasteiger partial charge in [-0.05, 0) is 24.3 Å². The van der Waals surface area contributed by atoms with Gasteiger partial charge in [0.25, 0.3) is 0 Å². The molecule has 0 aliphatic heterocycles. The number of aromatic amines is 1. The number of methoxy groups -OCH3 is 1. The van der Waals surface area contributed by atoms with E-state index in [0.29, 0.717) is 11.6 Å². The average Bonchev–Trinajstić information content (AvgIpc) is 2.71. The molecule has 2 rings (SSSR count). The van der Waals surface area contributed by atoms with Crippen LogP contribution in [-0.2, 0) is 0 Å². The Morgan fingerprint density at radius 2 is 2.06 bits per heavy atom. The highest BCUT2D eigenvalue weighted by Crippen LogP contribution is 2.23. The quantitative estimate of drug-likeness (QED) is 0.880. The zero-order chi connectivity index (χ0) is 12.4. The third kappa shape index (κ3) is 2.24. The zero-order valence-corrected chi connectivity index (χ0v) is 9.65. The van der Waals surface area contributed by atoms with E-state index in [0.717, 1.165) is 5.56 Å². The molecule has 2 N–H and O–H groups in total. The summed E-state index contributed by atoms with van der Waals surface area (Å²) in [6.45, 7) is 0. The van der Waals surface area contributed by atoms with Crippen LogP contribution in [0.2, 0.25) is 5.15 Å². The lowest BCUT2D eigenvalue weighted by atomic mass is 10.2. The smallest absolute Gasteiger partial charge is 0.357 e. The standard InChI is InChI=1S/C11H9ClN2O3/c1-17-7-4-2-6(3-5-7)10-13-8(11(15)16)9(12)14-10/h2-5H,1H3,(H,13,14)(H,15,16). The summed E-state index contributed by atoms with van der Waals surface area (Å²) in [7, 11) is 1.57. The number of benzene rings is 1. The van der Waals surface area contributed by atoms with E-state index in [1.54, 1.807) is 31.4 Å². The second-order valence-electron chi connectivity index (χ2n) is 3.28. The van der Waals surface area contributed by atoms with Crippen molar-refractivity contribution in [2.24, 2.45) is 0 Å². The van der Waals surface area contributed by atoms with Crippen LogP contribution in [0.25, 0.3) is 11.4 Å². The van der Waals surface area contributed by atoms with Gasteiger partial charge in [-0.15, -0.1) is 0 Å². The van der Waals surface area contributed by atoms with Crippen LogP contribution in [0, 0.1) is 0 Å². The highest BCUT2D eigenvalue weighted by molar-refractivity contribution is 6.32. The van der Waals surface area contributed by atoms with E-state index in [1.165, 1.54) is 0 Å². The molecule has 0 saturated heterocycles. The monoisotopic (exact) mass is 252 g/mol. The van der Waals surface area contributed by atoms with Gasteiger partial charge in [-0.25, -0.2) is 9.78 Å². The highest BCUT2D eigenvalue weighted by Gasteiger charge is 2.15. The molecule has 0 fully saturated rings. The normalized spacial score (nSPS) is 10.2. The number of aromatic carboxylic acids is 1. The maximum Gasteiger partial charge on any atom is 0.357 e. The summed E-state index contributed by atoms with van der Waals surface area (Å²) in [5.41, 5.74) is 0.553. The molecule has 0 saturated carbocycles. The number of carbonyl (C=O) groups is 1. The van der Waals surface area contributed by atoms with Crippen molar-refractivity contribution in [1.29, 1.82) is 0 Å². The Balaban J connectivity index is 2.39. The Hall–Kier alpha value is -2.01. The number of hydrogen-bond acceptors (Lipinski definition) is 3. The molecule has 0 spiro atoms. The van der Waals surface area contributed by atoms with Gasteiger partial charge in [0.15, 0.2) is 5.69 Å². The molecule has 0 bridgehead atoms. The number of carboxylic acids is 1. The van der Waals surface area contributed by atoms with E-state index in [4.69, 9.17) is 21.4 Å². The fourth-order valence-electron chi connectivity index (χ4n) is 1.38. The van der Waals surface area contributed by atoms with E-state index in [9.17, 15) is 4.79 Å². The Bertz CT molecular complexity index is 548. The molecule has 1 aromatic carbocycles. The number of aromatic nitrogens is 2. The molecular formula is C11H9ClN2O3. The molecule has 1 heterocycles. The van der Waals surface area contributed by atoms with Crippen molar-refractivity contribution in [3.05, 3.63) is 35.1 Å². The average molecular weight is 253 g/mol. The van der Waals surface area contributed by atoms with E-state index in [2.05, 4.69) is 9.97 Å². The number of carboxylic acid groups (broad SMARTS) is 1. The number of ether oxygens (including phenoxy) is 1. The molecule has 2 aromatic rings. The van der Waals surface area contributed by atoms with Crippen LogP contribution >= 0.6 is 11.6 Å². The second kappa shape index (κ2) is 4.47. The summed E-state index contributed by atoms with van der Waals surface area (Å²) >= 11 is 5.72. The van der Waals surface area contributed by atoms with Crippen LogP contribution in [-0.4, -0.2) is 28.2 Å². The van der Waals surface area contributed by atoms with E-state index in [-0.39, 0.29) is 10.8 Å². The molecule has 0 unspecified atom stereocenters. The van der Waals surface area contributed by atoms with Crippen LogP contribution in [0.15, 0.2) is 24.3 Å². The van der Waals surface area contributed by atoms with Crippen LogP contribution in [0.4, 0.5) is 0 Å². The number of nitrogens with zero attached hydrogens (tertiary/aromatic N) is 1. The molecule has 88 valence electrons.